The summed E-state index contributed by atoms with van der Waals surface area (Å²) in [5.41, 5.74) is 7.26. The average Bonchev–Trinajstić information content (AvgIpc) is 2.25. The SMILES string of the molecule is COc1ccc(CNC(=O)NC(C)C)cc1N. The largest absolute Gasteiger partial charge is 0.495 e. The van der Waals surface area contributed by atoms with Gasteiger partial charge in [0.05, 0.1) is 12.8 Å². The standard InChI is InChI=1S/C12H19N3O2/c1-8(2)15-12(16)14-7-9-4-5-11(17-3)10(13)6-9/h4-6,8H,7,13H2,1-3H3,(H2,14,15,16). The fourth-order valence-corrected chi connectivity index (χ4v) is 1.39. The molecule has 0 aliphatic heterocycles. The number of carbonyl (C=O) groups excluding carboxylic acids is 1. The smallest absolute Gasteiger partial charge is 0.315 e. The van der Waals surface area contributed by atoms with E-state index < -0.39 is 0 Å². The van der Waals surface area contributed by atoms with Crippen LogP contribution < -0.4 is 21.1 Å². The van der Waals surface area contributed by atoms with Crippen LogP contribution in [0.5, 0.6) is 5.75 Å². The second-order valence-corrected chi connectivity index (χ2v) is 4.06. The van der Waals surface area contributed by atoms with Gasteiger partial charge in [-0.05, 0) is 31.5 Å². The number of anilines is 1. The Balaban J connectivity index is 2.52. The topological polar surface area (TPSA) is 76.4 Å². The lowest BCUT2D eigenvalue weighted by molar-refractivity contribution is 0.238. The van der Waals surface area contributed by atoms with E-state index in [0.29, 0.717) is 18.0 Å². The molecule has 0 atom stereocenters. The zero-order valence-electron chi connectivity index (χ0n) is 10.4. The second kappa shape index (κ2) is 5.98. The molecule has 0 spiro atoms. The van der Waals surface area contributed by atoms with E-state index in [4.69, 9.17) is 10.5 Å². The predicted molar refractivity (Wildman–Crippen MR) is 67.9 cm³/mol. The lowest BCUT2D eigenvalue weighted by Crippen LogP contribution is -2.39. The maximum Gasteiger partial charge on any atom is 0.315 e. The third-order valence-corrected chi connectivity index (χ3v) is 2.17. The monoisotopic (exact) mass is 237 g/mol. The van der Waals surface area contributed by atoms with Gasteiger partial charge in [-0.25, -0.2) is 4.79 Å². The molecule has 1 rings (SSSR count). The molecule has 17 heavy (non-hydrogen) atoms. The number of urea groups is 1. The highest BCUT2D eigenvalue weighted by Gasteiger charge is 2.04. The van der Waals surface area contributed by atoms with Gasteiger partial charge in [0.15, 0.2) is 0 Å². The van der Waals surface area contributed by atoms with E-state index in [-0.39, 0.29) is 12.1 Å². The van der Waals surface area contributed by atoms with Crippen molar-refractivity contribution < 1.29 is 9.53 Å². The first-order valence-electron chi connectivity index (χ1n) is 5.49. The summed E-state index contributed by atoms with van der Waals surface area (Å²) in [6.07, 6.45) is 0. The summed E-state index contributed by atoms with van der Waals surface area (Å²) in [4.78, 5) is 11.4. The third kappa shape index (κ3) is 4.22. The van der Waals surface area contributed by atoms with E-state index in [1.54, 1.807) is 19.2 Å². The molecule has 5 nitrogen and oxygen atoms in total. The molecular weight excluding hydrogens is 218 g/mol. The lowest BCUT2D eigenvalue weighted by atomic mass is 10.2. The van der Waals surface area contributed by atoms with Crippen molar-refractivity contribution in [3.63, 3.8) is 0 Å². The predicted octanol–water partition coefficient (Wildman–Crippen LogP) is 1.48. The first-order valence-corrected chi connectivity index (χ1v) is 5.49. The van der Waals surface area contributed by atoms with Crippen molar-refractivity contribution >= 4 is 11.7 Å². The summed E-state index contributed by atoms with van der Waals surface area (Å²) in [5, 5.41) is 5.49. The van der Waals surface area contributed by atoms with Crippen molar-refractivity contribution in [1.82, 2.24) is 10.6 Å². The number of nitrogen functional groups attached to an aromatic ring is 1. The van der Waals surface area contributed by atoms with E-state index in [9.17, 15) is 4.79 Å². The van der Waals surface area contributed by atoms with Crippen LogP contribution in [-0.4, -0.2) is 19.2 Å². The van der Waals surface area contributed by atoms with E-state index >= 15 is 0 Å². The molecule has 0 aliphatic rings. The fourth-order valence-electron chi connectivity index (χ4n) is 1.39. The highest BCUT2D eigenvalue weighted by atomic mass is 16.5. The van der Waals surface area contributed by atoms with Crippen LogP contribution >= 0.6 is 0 Å². The van der Waals surface area contributed by atoms with Crippen LogP contribution in [0.15, 0.2) is 18.2 Å². The van der Waals surface area contributed by atoms with Gasteiger partial charge in [0, 0.05) is 12.6 Å². The van der Waals surface area contributed by atoms with Crippen LogP contribution in [0, 0.1) is 0 Å². The number of nitrogens with one attached hydrogen (secondary N) is 2. The number of benzene rings is 1. The maximum atomic E-state index is 11.4. The molecule has 0 unspecified atom stereocenters. The first kappa shape index (κ1) is 13.2. The summed E-state index contributed by atoms with van der Waals surface area (Å²) in [6, 6.07) is 5.37. The highest BCUT2D eigenvalue weighted by molar-refractivity contribution is 5.74. The number of ether oxygens (including phenoxy) is 1. The van der Waals surface area contributed by atoms with Crippen LogP contribution in [-0.2, 0) is 6.54 Å². The molecule has 0 saturated heterocycles. The first-order chi connectivity index (χ1) is 8.02. The minimum absolute atomic E-state index is 0.121. The number of carbonyl (C=O) groups is 1. The molecule has 1 aromatic rings. The molecule has 0 heterocycles. The molecule has 5 heteroatoms. The third-order valence-electron chi connectivity index (χ3n) is 2.17. The zero-order chi connectivity index (χ0) is 12.8. The van der Waals surface area contributed by atoms with Crippen molar-refractivity contribution in [3.8, 4) is 5.75 Å². The number of methoxy groups -OCH3 is 1. The van der Waals surface area contributed by atoms with Gasteiger partial charge in [-0.3, -0.25) is 0 Å². The van der Waals surface area contributed by atoms with Gasteiger partial charge in [-0.2, -0.15) is 0 Å². The van der Waals surface area contributed by atoms with Gasteiger partial charge in [0.2, 0.25) is 0 Å². The Bertz CT molecular complexity index is 391. The minimum Gasteiger partial charge on any atom is -0.495 e. The second-order valence-electron chi connectivity index (χ2n) is 4.06. The van der Waals surface area contributed by atoms with E-state index in [2.05, 4.69) is 10.6 Å². The zero-order valence-corrected chi connectivity index (χ0v) is 10.4. The van der Waals surface area contributed by atoms with Crippen molar-refractivity contribution in [2.75, 3.05) is 12.8 Å². The van der Waals surface area contributed by atoms with Crippen LogP contribution in [0.3, 0.4) is 0 Å². The molecule has 94 valence electrons. The lowest BCUT2D eigenvalue weighted by Gasteiger charge is -2.11. The van der Waals surface area contributed by atoms with Crippen LogP contribution in [0.1, 0.15) is 19.4 Å². The van der Waals surface area contributed by atoms with Gasteiger partial charge in [0.1, 0.15) is 5.75 Å². The number of hydrogen-bond donors (Lipinski definition) is 3. The molecular formula is C12H19N3O2. The summed E-state index contributed by atoms with van der Waals surface area (Å²) >= 11 is 0. The summed E-state index contributed by atoms with van der Waals surface area (Å²) in [7, 11) is 1.57. The molecule has 0 bridgehead atoms. The quantitative estimate of drug-likeness (QED) is 0.694. The molecule has 0 radical (unpaired) electrons. The van der Waals surface area contributed by atoms with E-state index in [1.807, 2.05) is 19.9 Å². The van der Waals surface area contributed by atoms with Gasteiger partial charge < -0.3 is 21.1 Å². The van der Waals surface area contributed by atoms with Crippen molar-refractivity contribution in [1.29, 1.82) is 0 Å². The molecule has 0 aliphatic carbocycles. The fraction of sp³-hybridized carbons (Fsp3) is 0.417. The number of rotatable bonds is 4. The van der Waals surface area contributed by atoms with Crippen molar-refractivity contribution in [3.05, 3.63) is 23.8 Å². The molecule has 0 saturated carbocycles. The summed E-state index contributed by atoms with van der Waals surface area (Å²) in [6.45, 7) is 4.25. The molecule has 4 N–H and O–H groups in total. The van der Waals surface area contributed by atoms with Gasteiger partial charge in [0.25, 0.3) is 0 Å². The van der Waals surface area contributed by atoms with Gasteiger partial charge >= 0.3 is 6.03 Å². The molecule has 1 aromatic carbocycles. The molecule has 0 fully saturated rings. The Hall–Kier alpha value is -1.91. The molecule has 2 amide bonds. The average molecular weight is 237 g/mol. The normalized spacial score (nSPS) is 10.1. The Labute approximate surface area is 101 Å². The van der Waals surface area contributed by atoms with Crippen LogP contribution in [0.25, 0.3) is 0 Å². The van der Waals surface area contributed by atoms with Gasteiger partial charge in [-0.15, -0.1) is 0 Å². The summed E-state index contributed by atoms with van der Waals surface area (Å²) < 4.78 is 5.05. The van der Waals surface area contributed by atoms with Crippen LogP contribution in [0.4, 0.5) is 10.5 Å². The van der Waals surface area contributed by atoms with E-state index in [1.165, 1.54) is 0 Å². The van der Waals surface area contributed by atoms with E-state index in [0.717, 1.165) is 5.56 Å². The molecule has 0 aromatic heterocycles. The Kier molecular flexibility index (Phi) is 4.63. The maximum absolute atomic E-state index is 11.4. The number of amides is 2. The van der Waals surface area contributed by atoms with Crippen molar-refractivity contribution in [2.24, 2.45) is 0 Å². The highest BCUT2D eigenvalue weighted by Crippen LogP contribution is 2.21. The Morgan fingerprint density at radius 1 is 1.47 bits per heavy atom. The van der Waals surface area contributed by atoms with Crippen LogP contribution in [0.2, 0.25) is 0 Å². The Morgan fingerprint density at radius 3 is 2.71 bits per heavy atom. The number of hydrogen-bond acceptors (Lipinski definition) is 3. The summed E-state index contributed by atoms with van der Waals surface area (Å²) in [5.74, 6) is 0.639. The van der Waals surface area contributed by atoms with Gasteiger partial charge in [-0.1, -0.05) is 6.07 Å². The minimum atomic E-state index is -0.186. The Morgan fingerprint density at radius 2 is 2.18 bits per heavy atom. The number of nitrogens with two attached hydrogens (primary N) is 1. The van der Waals surface area contributed by atoms with Crippen molar-refractivity contribution in [2.45, 2.75) is 26.4 Å².